The zero-order valence-electron chi connectivity index (χ0n) is 8.95. The van der Waals surface area contributed by atoms with Gasteiger partial charge in [-0.15, -0.1) is 0 Å². The predicted octanol–water partition coefficient (Wildman–Crippen LogP) is 1.62. The zero-order valence-corrected chi connectivity index (χ0v) is 8.95. The SMILES string of the molecule is CC[C@H](COC)Nc1cncc(C)n1. The van der Waals surface area contributed by atoms with Crippen LogP contribution in [0.4, 0.5) is 5.82 Å². The van der Waals surface area contributed by atoms with Crippen molar-refractivity contribution in [1.82, 2.24) is 9.97 Å². The van der Waals surface area contributed by atoms with Gasteiger partial charge in [-0.3, -0.25) is 4.98 Å². The minimum absolute atomic E-state index is 0.302. The van der Waals surface area contributed by atoms with Gasteiger partial charge in [-0.1, -0.05) is 6.92 Å². The molecule has 0 unspecified atom stereocenters. The highest BCUT2D eigenvalue weighted by Gasteiger charge is 2.05. The van der Waals surface area contributed by atoms with Gasteiger partial charge in [0.25, 0.3) is 0 Å². The third kappa shape index (κ3) is 3.30. The summed E-state index contributed by atoms with van der Waals surface area (Å²) in [5.41, 5.74) is 0.919. The Labute approximate surface area is 84.7 Å². The standard InChI is InChI=1S/C10H17N3O/c1-4-9(7-14-3)13-10-6-11-5-8(2)12-10/h5-6,9H,4,7H2,1-3H3,(H,12,13)/t9-/m1/s1. The van der Waals surface area contributed by atoms with Gasteiger partial charge in [0.05, 0.1) is 24.5 Å². The summed E-state index contributed by atoms with van der Waals surface area (Å²) in [5, 5.41) is 3.27. The highest BCUT2D eigenvalue weighted by Crippen LogP contribution is 2.05. The van der Waals surface area contributed by atoms with Crippen LogP contribution in [0.1, 0.15) is 19.0 Å². The van der Waals surface area contributed by atoms with Crippen molar-refractivity contribution in [2.45, 2.75) is 26.3 Å². The molecular weight excluding hydrogens is 178 g/mol. The van der Waals surface area contributed by atoms with Crippen LogP contribution in [-0.4, -0.2) is 29.7 Å². The molecule has 14 heavy (non-hydrogen) atoms. The van der Waals surface area contributed by atoms with Crippen LogP contribution in [0, 0.1) is 6.92 Å². The Morgan fingerprint density at radius 2 is 2.29 bits per heavy atom. The minimum Gasteiger partial charge on any atom is -0.383 e. The molecule has 4 heteroatoms. The number of aromatic nitrogens is 2. The summed E-state index contributed by atoms with van der Waals surface area (Å²) in [6.07, 6.45) is 4.47. The van der Waals surface area contributed by atoms with Gasteiger partial charge in [-0.2, -0.15) is 0 Å². The first-order chi connectivity index (χ1) is 6.76. The molecule has 0 bridgehead atoms. The van der Waals surface area contributed by atoms with Gasteiger partial charge in [0.15, 0.2) is 0 Å². The average molecular weight is 195 g/mol. The van der Waals surface area contributed by atoms with Crippen molar-refractivity contribution >= 4 is 5.82 Å². The van der Waals surface area contributed by atoms with Crippen molar-refractivity contribution in [1.29, 1.82) is 0 Å². The molecule has 1 rings (SSSR count). The van der Waals surface area contributed by atoms with E-state index in [2.05, 4.69) is 22.2 Å². The molecule has 0 aliphatic carbocycles. The zero-order chi connectivity index (χ0) is 10.4. The maximum atomic E-state index is 5.09. The Hall–Kier alpha value is -1.16. The van der Waals surface area contributed by atoms with E-state index in [0.29, 0.717) is 12.6 Å². The average Bonchev–Trinajstić information content (AvgIpc) is 2.17. The Bertz CT molecular complexity index is 278. The number of nitrogens with one attached hydrogen (secondary N) is 1. The molecule has 0 aliphatic rings. The molecule has 0 spiro atoms. The second-order valence-corrected chi connectivity index (χ2v) is 3.25. The van der Waals surface area contributed by atoms with Gasteiger partial charge in [0, 0.05) is 13.3 Å². The van der Waals surface area contributed by atoms with E-state index in [1.54, 1.807) is 19.5 Å². The first-order valence-corrected chi connectivity index (χ1v) is 4.80. The molecule has 78 valence electrons. The third-order valence-corrected chi connectivity index (χ3v) is 1.97. The van der Waals surface area contributed by atoms with Crippen LogP contribution in [0.25, 0.3) is 0 Å². The molecule has 0 saturated heterocycles. The predicted molar refractivity (Wildman–Crippen MR) is 56.3 cm³/mol. The third-order valence-electron chi connectivity index (χ3n) is 1.97. The van der Waals surface area contributed by atoms with Crippen LogP contribution < -0.4 is 5.32 Å². The normalized spacial score (nSPS) is 12.5. The number of rotatable bonds is 5. The van der Waals surface area contributed by atoms with Crippen molar-refractivity contribution in [2.24, 2.45) is 0 Å². The van der Waals surface area contributed by atoms with Crippen LogP contribution in [0.3, 0.4) is 0 Å². The van der Waals surface area contributed by atoms with Crippen molar-refractivity contribution in [3.63, 3.8) is 0 Å². The van der Waals surface area contributed by atoms with E-state index in [-0.39, 0.29) is 0 Å². The van der Waals surface area contributed by atoms with Gasteiger partial charge < -0.3 is 10.1 Å². The molecule has 0 amide bonds. The molecule has 4 nitrogen and oxygen atoms in total. The lowest BCUT2D eigenvalue weighted by Gasteiger charge is -2.16. The fourth-order valence-corrected chi connectivity index (χ4v) is 1.20. The lowest BCUT2D eigenvalue weighted by molar-refractivity contribution is 0.184. The summed E-state index contributed by atoms with van der Waals surface area (Å²) in [7, 11) is 1.70. The van der Waals surface area contributed by atoms with Gasteiger partial charge in [-0.25, -0.2) is 4.98 Å². The molecule has 0 saturated carbocycles. The van der Waals surface area contributed by atoms with E-state index in [4.69, 9.17) is 4.74 Å². The van der Waals surface area contributed by atoms with Crippen LogP contribution in [-0.2, 0) is 4.74 Å². The van der Waals surface area contributed by atoms with Gasteiger partial charge >= 0.3 is 0 Å². The highest BCUT2D eigenvalue weighted by molar-refractivity contribution is 5.32. The van der Waals surface area contributed by atoms with E-state index >= 15 is 0 Å². The van der Waals surface area contributed by atoms with Gasteiger partial charge in [0.2, 0.25) is 0 Å². The number of methoxy groups -OCH3 is 1. The van der Waals surface area contributed by atoms with E-state index < -0.39 is 0 Å². The summed E-state index contributed by atoms with van der Waals surface area (Å²) in [6.45, 7) is 4.72. The summed E-state index contributed by atoms with van der Waals surface area (Å²) in [4.78, 5) is 8.38. The summed E-state index contributed by atoms with van der Waals surface area (Å²) >= 11 is 0. The van der Waals surface area contributed by atoms with Crippen LogP contribution >= 0.6 is 0 Å². The van der Waals surface area contributed by atoms with Crippen molar-refractivity contribution in [2.75, 3.05) is 19.0 Å². The quantitative estimate of drug-likeness (QED) is 0.775. The Kier molecular flexibility index (Phi) is 4.32. The minimum atomic E-state index is 0.302. The first-order valence-electron chi connectivity index (χ1n) is 4.80. The number of nitrogens with zero attached hydrogens (tertiary/aromatic N) is 2. The number of aryl methyl sites for hydroxylation is 1. The maximum Gasteiger partial charge on any atom is 0.145 e. The molecule has 0 fully saturated rings. The van der Waals surface area contributed by atoms with Crippen molar-refractivity contribution in [3.05, 3.63) is 18.1 Å². The Balaban J connectivity index is 2.57. The van der Waals surface area contributed by atoms with E-state index in [9.17, 15) is 0 Å². The molecule has 1 heterocycles. The van der Waals surface area contributed by atoms with Crippen LogP contribution in [0.2, 0.25) is 0 Å². The summed E-state index contributed by atoms with van der Waals surface area (Å²) in [5.74, 6) is 0.814. The second-order valence-electron chi connectivity index (χ2n) is 3.25. The number of anilines is 1. The van der Waals surface area contributed by atoms with E-state index in [0.717, 1.165) is 17.9 Å². The molecular formula is C10H17N3O. The number of hydrogen-bond donors (Lipinski definition) is 1. The number of ether oxygens (including phenoxy) is 1. The largest absolute Gasteiger partial charge is 0.383 e. The highest BCUT2D eigenvalue weighted by atomic mass is 16.5. The van der Waals surface area contributed by atoms with Crippen molar-refractivity contribution in [3.8, 4) is 0 Å². The molecule has 0 aromatic carbocycles. The summed E-state index contributed by atoms with van der Waals surface area (Å²) in [6, 6.07) is 0.302. The molecule has 1 aromatic rings. The first kappa shape index (κ1) is 10.9. The fourth-order valence-electron chi connectivity index (χ4n) is 1.20. The van der Waals surface area contributed by atoms with Crippen LogP contribution in [0.5, 0.6) is 0 Å². The lowest BCUT2D eigenvalue weighted by Crippen LogP contribution is -2.24. The molecule has 1 N–H and O–H groups in total. The van der Waals surface area contributed by atoms with E-state index in [1.807, 2.05) is 6.92 Å². The van der Waals surface area contributed by atoms with Gasteiger partial charge in [-0.05, 0) is 13.3 Å². The summed E-state index contributed by atoms with van der Waals surface area (Å²) < 4.78 is 5.09. The molecule has 0 aliphatic heterocycles. The van der Waals surface area contributed by atoms with Gasteiger partial charge in [0.1, 0.15) is 5.82 Å². The van der Waals surface area contributed by atoms with E-state index in [1.165, 1.54) is 0 Å². The maximum absolute atomic E-state index is 5.09. The smallest absolute Gasteiger partial charge is 0.145 e. The number of hydrogen-bond acceptors (Lipinski definition) is 4. The van der Waals surface area contributed by atoms with Crippen LogP contribution in [0.15, 0.2) is 12.4 Å². The fraction of sp³-hybridized carbons (Fsp3) is 0.600. The lowest BCUT2D eigenvalue weighted by atomic mass is 10.2. The topological polar surface area (TPSA) is 47.0 Å². The Morgan fingerprint density at radius 1 is 1.50 bits per heavy atom. The monoisotopic (exact) mass is 195 g/mol. The second kappa shape index (κ2) is 5.54. The van der Waals surface area contributed by atoms with Crippen molar-refractivity contribution < 1.29 is 4.74 Å². The molecule has 0 radical (unpaired) electrons. The molecule has 1 atom stereocenters. The Morgan fingerprint density at radius 3 is 2.86 bits per heavy atom. The molecule has 1 aromatic heterocycles.